The molecule has 0 fully saturated rings. The summed E-state index contributed by atoms with van der Waals surface area (Å²) in [6, 6.07) is 56.7. The third kappa shape index (κ3) is 3.95. The van der Waals surface area contributed by atoms with E-state index in [1.165, 1.54) is 94.3 Å². The molecule has 1 spiro atoms. The fraction of sp³-hybridized carbons (Fsp3) is 0.143. The van der Waals surface area contributed by atoms with E-state index in [1.54, 1.807) is 0 Å². The molecule has 7 aromatic carbocycles. The molecule has 10 rings (SSSR count). The van der Waals surface area contributed by atoms with Crippen LogP contribution >= 0.6 is 0 Å². The smallest absolute Gasteiger partial charge is 0.0541 e. The average Bonchev–Trinajstić information content (AvgIpc) is 3.72. The Morgan fingerprint density at radius 3 is 1.62 bits per heavy atom. The van der Waals surface area contributed by atoms with Crippen LogP contribution in [-0.4, -0.2) is 4.57 Å². The van der Waals surface area contributed by atoms with Gasteiger partial charge in [0.25, 0.3) is 0 Å². The van der Waals surface area contributed by atoms with Crippen molar-refractivity contribution in [3.8, 4) is 39.1 Å². The van der Waals surface area contributed by atoms with E-state index >= 15 is 0 Å². The molecule has 0 aliphatic heterocycles. The maximum absolute atomic E-state index is 2.54. The van der Waals surface area contributed by atoms with Gasteiger partial charge in [0.15, 0.2) is 0 Å². The minimum atomic E-state index is -0.198. The molecular formula is C49H39N. The minimum absolute atomic E-state index is 0.0463. The molecule has 0 radical (unpaired) electrons. The fourth-order valence-corrected chi connectivity index (χ4v) is 9.95. The van der Waals surface area contributed by atoms with E-state index < -0.39 is 0 Å². The molecule has 0 amide bonds. The van der Waals surface area contributed by atoms with E-state index in [9.17, 15) is 0 Å². The number of fused-ring (bicyclic) bond motifs is 10. The first-order valence-corrected chi connectivity index (χ1v) is 17.9. The molecule has 0 saturated heterocycles. The van der Waals surface area contributed by atoms with E-state index in [1.807, 2.05) is 0 Å². The van der Waals surface area contributed by atoms with Gasteiger partial charge in [-0.05, 0) is 129 Å². The molecule has 0 bridgehead atoms. The second-order valence-electron chi connectivity index (χ2n) is 15.2. The Morgan fingerprint density at radius 1 is 0.460 bits per heavy atom. The van der Waals surface area contributed by atoms with E-state index in [4.69, 9.17) is 0 Å². The molecule has 1 nitrogen and oxygen atoms in total. The van der Waals surface area contributed by atoms with E-state index in [0.29, 0.717) is 0 Å². The van der Waals surface area contributed by atoms with Gasteiger partial charge in [-0.1, -0.05) is 129 Å². The van der Waals surface area contributed by atoms with E-state index in [-0.39, 0.29) is 10.8 Å². The highest BCUT2D eigenvalue weighted by molar-refractivity contribution is 6.11. The van der Waals surface area contributed by atoms with Gasteiger partial charge in [0.2, 0.25) is 0 Å². The van der Waals surface area contributed by atoms with E-state index in [2.05, 4.69) is 184 Å². The quantitative estimate of drug-likeness (QED) is 0.181. The van der Waals surface area contributed by atoms with Gasteiger partial charge in [-0.25, -0.2) is 0 Å². The van der Waals surface area contributed by atoms with Gasteiger partial charge < -0.3 is 4.57 Å². The van der Waals surface area contributed by atoms with Gasteiger partial charge in [0.1, 0.15) is 0 Å². The van der Waals surface area contributed by atoms with Crippen molar-refractivity contribution in [1.82, 2.24) is 4.57 Å². The monoisotopic (exact) mass is 641 g/mol. The number of nitrogens with zero attached hydrogens (tertiary/aromatic N) is 1. The molecule has 0 saturated carbocycles. The number of benzene rings is 7. The van der Waals surface area contributed by atoms with Crippen LogP contribution in [0.3, 0.4) is 0 Å². The van der Waals surface area contributed by atoms with Crippen molar-refractivity contribution in [2.75, 3.05) is 0 Å². The van der Waals surface area contributed by atoms with Crippen LogP contribution in [0.1, 0.15) is 53.6 Å². The summed E-state index contributed by atoms with van der Waals surface area (Å²) in [5.74, 6) is 0. The van der Waals surface area contributed by atoms with Crippen LogP contribution in [-0.2, 0) is 10.8 Å². The molecule has 1 heteroatoms. The largest absolute Gasteiger partial charge is 0.309 e. The van der Waals surface area contributed by atoms with Crippen LogP contribution in [0.25, 0.3) is 60.9 Å². The topological polar surface area (TPSA) is 4.93 Å². The highest BCUT2D eigenvalue weighted by Crippen LogP contribution is 2.64. The fourth-order valence-electron chi connectivity index (χ4n) is 9.95. The van der Waals surface area contributed by atoms with Gasteiger partial charge in [0.05, 0.1) is 11.0 Å². The zero-order valence-electron chi connectivity index (χ0n) is 29.1. The lowest BCUT2D eigenvalue weighted by molar-refractivity contribution is 0.448. The van der Waals surface area contributed by atoms with E-state index in [0.717, 1.165) is 6.42 Å². The van der Waals surface area contributed by atoms with Crippen LogP contribution in [0, 0.1) is 13.8 Å². The first kappa shape index (κ1) is 29.3. The van der Waals surface area contributed by atoms with Crippen LogP contribution in [0.2, 0.25) is 0 Å². The second kappa shape index (κ2) is 10.4. The summed E-state index contributed by atoms with van der Waals surface area (Å²) in [4.78, 5) is 0. The van der Waals surface area contributed by atoms with Crippen molar-refractivity contribution < 1.29 is 0 Å². The molecule has 1 atom stereocenters. The Labute approximate surface area is 294 Å². The Kier molecular flexibility index (Phi) is 6.10. The normalized spacial score (nSPS) is 17.0. The maximum atomic E-state index is 2.54. The van der Waals surface area contributed by atoms with Crippen molar-refractivity contribution in [3.05, 3.63) is 185 Å². The third-order valence-corrected chi connectivity index (χ3v) is 11.8. The van der Waals surface area contributed by atoms with Crippen LogP contribution in [0.5, 0.6) is 0 Å². The molecule has 1 heterocycles. The van der Waals surface area contributed by atoms with Crippen LogP contribution in [0.4, 0.5) is 0 Å². The average molecular weight is 642 g/mol. The molecule has 1 unspecified atom stereocenters. The number of hydrogen-bond donors (Lipinski definition) is 0. The van der Waals surface area contributed by atoms with Crippen molar-refractivity contribution in [2.24, 2.45) is 0 Å². The Hall–Kier alpha value is -5.66. The van der Waals surface area contributed by atoms with Gasteiger partial charge in [-0.3, -0.25) is 0 Å². The van der Waals surface area contributed by atoms with Crippen molar-refractivity contribution in [2.45, 2.75) is 44.9 Å². The molecule has 2 aliphatic carbocycles. The Morgan fingerprint density at radius 2 is 1.00 bits per heavy atom. The summed E-state index contributed by atoms with van der Waals surface area (Å²) < 4.78 is 2.51. The molecule has 8 aromatic rings. The zero-order chi connectivity index (χ0) is 33.8. The summed E-state index contributed by atoms with van der Waals surface area (Å²) in [6.07, 6.45) is 1.06. The molecule has 240 valence electrons. The van der Waals surface area contributed by atoms with Crippen molar-refractivity contribution in [3.63, 3.8) is 0 Å². The standard InChI is InChI=1S/C49H39N/c1-31-19-20-32(2)47-46(31)48(3,4)30-49(47)42-18-12-11-17-38(42)39-24-23-37(29-43(39)49)50-44-25-21-35(33-13-7-5-8-14-33)27-40(44)41-28-36(22-26-45(41)50)34-15-9-6-10-16-34/h5-29H,30H2,1-4H3. The number of rotatable bonds is 3. The number of hydrogen-bond acceptors (Lipinski definition) is 0. The zero-order valence-corrected chi connectivity index (χ0v) is 29.1. The van der Waals surface area contributed by atoms with Crippen LogP contribution in [0.15, 0.2) is 152 Å². The Bertz CT molecular complexity index is 2560. The lowest BCUT2D eigenvalue weighted by atomic mass is 9.70. The van der Waals surface area contributed by atoms with Gasteiger partial charge >= 0.3 is 0 Å². The predicted molar refractivity (Wildman–Crippen MR) is 211 cm³/mol. The van der Waals surface area contributed by atoms with Crippen molar-refractivity contribution in [1.29, 1.82) is 0 Å². The lowest BCUT2D eigenvalue weighted by Gasteiger charge is -2.31. The van der Waals surface area contributed by atoms with Gasteiger partial charge in [-0.15, -0.1) is 0 Å². The highest BCUT2D eigenvalue weighted by Gasteiger charge is 2.55. The third-order valence-electron chi connectivity index (χ3n) is 11.8. The predicted octanol–water partition coefficient (Wildman–Crippen LogP) is 12.7. The summed E-state index contributed by atoms with van der Waals surface area (Å²) >= 11 is 0. The molecular weight excluding hydrogens is 603 g/mol. The summed E-state index contributed by atoms with van der Waals surface area (Å²) in [6.45, 7) is 9.55. The summed E-state index contributed by atoms with van der Waals surface area (Å²) in [5, 5.41) is 2.55. The number of aromatic nitrogens is 1. The summed E-state index contributed by atoms with van der Waals surface area (Å²) in [7, 11) is 0. The highest BCUT2D eigenvalue weighted by atomic mass is 15.0. The maximum Gasteiger partial charge on any atom is 0.0541 e. The first-order chi connectivity index (χ1) is 24.3. The number of aryl methyl sites for hydroxylation is 2. The second-order valence-corrected chi connectivity index (χ2v) is 15.2. The van der Waals surface area contributed by atoms with Gasteiger partial charge in [0, 0.05) is 21.9 Å². The SMILES string of the molecule is Cc1ccc(C)c2c1C(C)(C)CC21c2ccccc2-c2ccc(-n3c4ccc(-c5ccccc5)cc4c4cc(-c5ccccc5)ccc43)cc21. The molecule has 2 aliphatic rings. The summed E-state index contributed by atoms with van der Waals surface area (Å²) in [5.41, 5.74) is 20.0. The van der Waals surface area contributed by atoms with Crippen LogP contribution < -0.4 is 0 Å². The molecule has 50 heavy (non-hydrogen) atoms. The minimum Gasteiger partial charge on any atom is -0.309 e. The lowest BCUT2D eigenvalue weighted by Crippen LogP contribution is -2.27. The Balaban J connectivity index is 1.26. The van der Waals surface area contributed by atoms with Gasteiger partial charge in [-0.2, -0.15) is 0 Å². The van der Waals surface area contributed by atoms with Crippen molar-refractivity contribution >= 4 is 21.8 Å². The molecule has 0 N–H and O–H groups in total. The molecule has 1 aromatic heterocycles. The first-order valence-electron chi connectivity index (χ1n) is 17.9.